The van der Waals surface area contributed by atoms with Gasteiger partial charge >= 0.3 is 11.6 Å². The smallest absolute Gasteiger partial charge is 0.434 e. The van der Waals surface area contributed by atoms with Gasteiger partial charge in [-0.1, -0.05) is 18.0 Å². The van der Waals surface area contributed by atoms with E-state index in [-0.39, 0.29) is 10.2 Å². The van der Waals surface area contributed by atoms with Crippen LogP contribution in [0.3, 0.4) is 0 Å². The van der Waals surface area contributed by atoms with Crippen LogP contribution >= 0.6 is 45.8 Å². The first-order chi connectivity index (χ1) is 9.31. The predicted molar refractivity (Wildman–Crippen MR) is 85.6 cm³/mol. The molecule has 5 nitrogen and oxygen atoms in total. The van der Waals surface area contributed by atoms with E-state index in [0.717, 1.165) is 25.7 Å². The summed E-state index contributed by atoms with van der Waals surface area (Å²) in [7, 11) is 0. The molecule has 1 saturated carbocycles. The van der Waals surface area contributed by atoms with Crippen LogP contribution in [0.15, 0.2) is 0 Å². The Morgan fingerprint density at radius 1 is 1.15 bits per heavy atom. The normalized spacial score (nSPS) is 18.1. The van der Waals surface area contributed by atoms with Gasteiger partial charge in [0.25, 0.3) is 0 Å². The van der Waals surface area contributed by atoms with Crippen LogP contribution in [0.2, 0.25) is 0 Å². The van der Waals surface area contributed by atoms with Gasteiger partial charge in [0.2, 0.25) is 0 Å². The van der Waals surface area contributed by atoms with Crippen LogP contribution in [0.5, 0.6) is 0 Å². The molecule has 2 unspecified atom stereocenters. The van der Waals surface area contributed by atoms with Crippen molar-refractivity contribution >= 4 is 57.4 Å². The monoisotopic (exact) mass is 440 g/mol. The van der Waals surface area contributed by atoms with Gasteiger partial charge in [0.1, 0.15) is 6.10 Å². The highest BCUT2D eigenvalue weighted by atomic mass is 127. The summed E-state index contributed by atoms with van der Waals surface area (Å²) in [6.45, 7) is 3.31. The third kappa shape index (κ3) is 13.1. The van der Waals surface area contributed by atoms with E-state index in [4.69, 9.17) is 32.7 Å². The van der Waals surface area contributed by atoms with Gasteiger partial charge < -0.3 is 14.2 Å². The Hall–Kier alpha value is 0.0500. The molecule has 0 radical (unpaired) electrons. The van der Waals surface area contributed by atoms with Gasteiger partial charge in [-0.25, -0.2) is 9.59 Å². The Balaban J connectivity index is 0.000000441. The van der Waals surface area contributed by atoms with Crippen molar-refractivity contribution < 1.29 is 23.8 Å². The molecule has 0 aromatic rings. The molecule has 0 aromatic heterocycles. The van der Waals surface area contributed by atoms with Crippen molar-refractivity contribution in [3.63, 3.8) is 0 Å². The van der Waals surface area contributed by atoms with E-state index in [0.29, 0.717) is 0 Å². The molecule has 1 aliphatic carbocycles. The average Bonchev–Trinajstić information content (AvgIpc) is 2.27. The number of halogens is 3. The lowest BCUT2D eigenvalue weighted by Crippen LogP contribution is -2.22. The number of hydrogen-bond acceptors (Lipinski definition) is 5. The molecule has 0 N–H and O–H groups in total. The highest BCUT2D eigenvalue weighted by Gasteiger charge is 2.19. The highest BCUT2D eigenvalue weighted by molar-refractivity contribution is 14.1. The standard InChI is InChI=1S/C9H15IO3.C3H4Cl2O2/c1-7(10)12-9(11)13-8-5-3-2-4-6-8;1-2(4)7-3(5)6/h7-8H,2-6H2,1H3;2H,1H3. The summed E-state index contributed by atoms with van der Waals surface area (Å²) in [4.78, 5) is 20.8. The molecule has 8 heteroatoms. The Bertz CT molecular complexity index is 294. The van der Waals surface area contributed by atoms with E-state index in [2.05, 4.69) is 4.74 Å². The van der Waals surface area contributed by atoms with Crippen LogP contribution in [-0.2, 0) is 14.2 Å². The maximum absolute atomic E-state index is 11.1. The van der Waals surface area contributed by atoms with E-state index >= 15 is 0 Å². The SMILES string of the molecule is CC(Cl)OC(=O)Cl.CC(I)OC(=O)OC1CCCCC1. The lowest BCUT2D eigenvalue weighted by Gasteiger charge is -2.21. The summed E-state index contributed by atoms with van der Waals surface area (Å²) in [6, 6.07) is 0. The largest absolute Gasteiger partial charge is 0.509 e. The first-order valence-corrected chi connectivity index (χ1v) is 8.38. The van der Waals surface area contributed by atoms with Crippen LogP contribution in [0.1, 0.15) is 46.0 Å². The number of carbonyl (C=O) groups excluding carboxylic acids is 2. The molecule has 1 fully saturated rings. The maximum atomic E-state index is 11.1. The minimum atomic E-state index is -0.873. The van der Waals surface area contributed by atoms with Gasteiger partial charge in [-0.3, -0.25) is 0 Å². The van der Waals surface area contributed by atoms with Crippen molar-refractivity contribution in [1.82, 2.24) is 0 Å². The van der Waals surface area contributed by atoms with E-state index in [9.17, 15) is 9.59 Å². The second kappa shape index (κ2) is 11.7. The molecule has 0 aliphatic heterocycles. The molecule has 2 atom stereocenters. The van der Waals surface area contributed by atoms with E-state index in [1.165, 1.54) is 13.3 Å². The molecular formula is C12H19Cl2IO5. The molecule has 0 saturated heterocycles. The lowest BCUT2D eigenvalue weighted by molar-refractivity contribution is 0.0109. The summed E-state index contributed by atoms with van der Waals surface area (Å²) in [6.07, 6.45) is 5.15. The van der Waals surface area contributed by atoms with Crippen LogP contribution in [0.25, 0.3) is 0 Å². The predicted octanol–water partition coefficient (Wildman–Crippen LogP) is 5.20. The van der Waals surface area contributed by atoms with E-state index in [1.54, 1.807) is 0 Å². The fraction of sp³-hybridized carbons (Fsp3) is 0.833. The van der Waals surface area contributed by atoms with E-state index < -0.39 is 17.1 Å². The number of hydrogen-bond donors (Lipinski definition) is 0. The van der Waals surface area contributed by atoms with Crippen molar-refractivity contribution in [2.45, 2.75) is 61.7 Å². The summed E-state index contributed by atoms with van der Waals surface area (Å²) in [5.74, 6) is 0. The number of ether oxygens (including phenoxy) is 3. The number of alkyl halides is 2. The Labute approximate surface area is 142 Å². The van der Waals surface area contributed by atoms with Crippen LogP contribution in [-0.4, -0.2) is 27.4 Å². The third-order valence-corrected chi connectivity index (χ3v) is 2.76. The van der Waals surface area contributed by atoms with Crippen LogP contribution in [0.4, 0.5) is 9.59 Å². The quantitative estimate of drug-likeness (QED) is 0.261. The van der Waals surface area contributed by atoms with Gasteiger partial charge in [0.15, 0.2) is 9.67 Å². The molecule has 1 aliphatic rings. The fourth-order valence-corrected chi connectivity index (χ4v) is 2.07. The second-order valence-electron chi connectivity index (χ2n) is 4.19. The first kappa shape index (κ1) is 20.1. The first-order valence-electron chi connectivity index (χ1n) is 6.32. The Morgan fingerprint density at radius 2 is 1.70 bits per heavy atom. The number of carbonyl (C=O) groups is 2. The molecule has 0 spiro atoms. The molecule has 0 heterocycles. The van der Waals surface area contributed by atoms with Crippen molar-refractivity contribution in [2.75, 3.05) is 0 Å². The average molecular weight is 441 g/mol. The van der Waals surface area contributed by atoms with Crippen LogP contribution < -0.4 is 0 Å². The third-order valence-electron chi connectivity index (χ3n) is 2.33. The molecule has 0 aromatic carbocycles. The number of rotatable bonds is 3. The zero-order chi connectivity index (χ0) is 15.5. The molecule has 0 amide bonds. The van der Waals surface area contributed by atoms with Crippen molar-refractivity contribution in [1.29, 1.82) is 0 Å². The minimum absolute atomic E-state index is 0.0939. The van der Waals surface area contributed by atoms with Gasteiger partial charge in [-0.05, 0) is 62.1 Å². The second-order valence-corrected chi connectivity index (χ2v) is 6.86. The Morgan fingerprint density at radius 3 is 2.05 bits per heavy atom. The highest BCUT2D eigenvalue weighted by Crippen LogP contribution is 2.21. The summed E-state index contributed by atoms with van der Waals surface area (Å²) >= 11 is 11.9. The van der Waals surface area contributed by atoms with Gasteiger partial charge in [0.05, 0.1) is 0 Å². The van der Waals surface area contributed by atoms with Gasteiger partial charge in [-0.2, -0.15) is 0 Å². The molecule has 118 valence electrons. The summed E-state index contributed by atoms with van der Waals surface area (Å²) < 4.78 is 14.0. The minimum Gasteiger partial charge on any atom is -0.434 e. The summed E-state index contributed by atoms with van der Waals surface area (Å²) in [5, 5.41) is 0. The fourth-order valence-electron chi connectivity index (χ4n) is 1.61. The molecule has 0 bridgehead atoms. The molecule has 20 heavy (non-hydrogen) atoms. The van der Waals surface area contributed by atoms with Crippen molar-refractivity contribution in [3.8, 4) is 0 Å². The lowest BCUT2D eigenvalue weighted by atomic mass is 9.98. The van der Waals surface area contributed by atoms with E-state index in [1.807, 2.05) is 29.5 Å². The van der Waals surface area contributed by atoms with Crippen molar-refractivity contribution in [2.24, 2.45) is 0 Å². The van der Waals surface area contributed by atoms with Crippen LogP contribution in [0, 0.1) is 0 Å². The maximum Gasteiger partial charge on any atom is 0.509 e. The zero-order valence-corrected chi connectivity index (χ0v) is 15.1. The van der Waals surface area contributed by atoms with Gasteiger partial charge in [0, 0.05) is 11.6 Å². The zero-order valence-electron chi connectivity index (χ0n) is 11.4. The molecule has 1 rings (SSSR count). The van der Waals surface area contributed by atoms with Gasteiger partial charge in [-0.15, -0.1) is 0 Å². The summed E-state index contributed by atoms with van der Waals surface area (Å²) in [5.41, 5.74) is -1.51. The molecular weight excluding hydrogens is 422 g/mol. The van der Waals surface area contributed by atoms with Crippen molar-refractivity contribution in [3.05, 3.63) is 0 Å². The topological polar surface area (TPSA) is 61.8 Å². The Kier molecular flexibility index (Phi) is 11.7.